The Kier molecular flexibility index (Phi) is 3.01. The first-order valence-corrected chi connectivity index (χ1v) is 5.80. The molecule has 1 N–H and O–H groups in total. The topological polar surface area (TPSA) is 25.2 Å². The van der Waals surface area contributed by atoms with Gasteiger partial charge in [-0.05, 0) is 43.9 Å². The van der Waals surface area contributed by atoms with Gasteiger partial charge in [-0.15, -0.1) is 0 Å². The SMILES string of the molecule is Cc1ccc2c(CCCO)c(C)n(C)c2c1. The van der Waals surface area contributed by atoms with E-state index in [0.717, 1.165) is 12.8 Å². The van der Waals surface area contributed by atoms with Gasteiger partial charge in [-0.3, -0.25) is 0 Å². The van der Waals surface area contributed by atoms with E-state index in [-0.39, 0.29) is 6.61 Å². The van der Waals surface area contributed by atoms with Crippen LogP contribution in [0.2, 0.25) is 0 Å². The van der Waals surface area contributed by atoms with Crippen LogP contribution in [0.1, 0.15) is 23.2 Å². The van der Waals surface area contributed by atoms with Crippen molar-refractivity contribution in [2.45, 2.75) is 26.7 Å². The van der Waals surface area contributed by atoms with Gasteiger partial charge in [0.15, 0.2) is 0 Å². The molecule has 0 saturated carbocycles. The predicted molar refractivity (Wildman–Crippen MR) is 67.8 cm³/mol. The van der Waals surface area contributed by atoms with Crippen LogP contribution in [0.5, 0.6) is 0 Å². The minimum atomic E-state index is 0.266. The van der Waals surface area contributed by atoms with E-state index in [2.05, 4.69) is 43.7 Å². The smallest absolute Gasteiger partial charge is 0.0485 e. The van der Waals surface area contributed by atoms with Gasteiger partial charge in [-0.2, -0.15) is 0 Å². The lowest BCUT2D eigenvalue weighted by molar-refractivity contribution is 0.288. The van der Waals surface area contributed by atoms with Gasteiger partial charge in [0.25, 0.3) is 0 Å². The van der Waals surface area contributed by atoms with Gasteiger partial charge < -0.3 is 9.67 Å². The van der Waals surface area contributed by atoms with Crippen molar-refractivity contribution in [3.8, 4) is 0 Å². The van der Waals surface area contributed by atoms with Crippen LogP contribution in [0.4, 0.5) is 0 Å². The van der Waals surface area contributed by atoms with Gasteiger partial charge in [0.1, 0.15) is 0 Å². The van der Waals surface area contributed by atoms with Crippen molar-refractivity contribution in [1.82, 2.24) is 4.57 Å². The molecule has 0 radical (unpaired) electrons. The van der Waals surface area contributed by atoms with Crippen LogP contribution >= 0.6 is 0 Å². The minimum Gasteiger partial charge on any atom is -0.396 e. The molecule has 2 rings (SSSR count). The summed E-state index contributed by atoms with van der Waals surface area (Å²) in [6.45, 7) is 4.54. The van der Waals surface area contributed by atoms with E-state index in [9.17, 15) is 0 Å². The highest BCUT2D eigenvalue weighted by molar-refractivity contribution is 5.86. The number of aliphatic hydroxyl groups excluding tert-OH is 1. The van der Waals surface area contributed by atoms with Crippen LogP contribution in [-0.4, -0.2) is 16.3 Å². The van der Waals surface area contributed by atoms with Crippen molar-refractivity contribution >= 4 is 10.9 Å². The number of rotatable bonds is 3. The van der Waals surface area contributed by atoms with Gasteiger partial charge in [-0.1, -0.05) is 12.1 Å². The Morgan fingerprint density at radius 2 is 2.00 bits per heavy atom. The van der Waals surface area contributed by atoms with Crippen molar-refractivity contribution in [2.24, 2.45) is 7.05 Å². The maximum atomic E-state index is 8.93. The van der Waals surface area contributed by atoms with E-state index in [1.807, 2.05) is 0 Å². The standard InChI is InChI=1S/C14H19NO/c1-10-6-7-13-12(5-4-8-16)11(2)15(3)14(13)9-10/h6-7,9,16H,4-5,8H2,1-3H3. The van der Waals surface area contributed by atoms with Crippen LogP contribution in [0.15, 0.2) is 18.2 Å². The molecule has 2 nitrogen and oxygen atoms in total. The maximum Gasteiger partial charge on any atom is 0.0485 e. The fraction of sp³-hybridized carbons (Fsp3) is 0.429. The fourth-order valence-electron chi connectivity index (χ4n) is 2.32. The summed E-state index contributed by atoms with van der Waals surface area (Å²) in [6.07, 6.45) is 1.80. The maximum absolute atomic E-state index is 8.93. The number of aromatic nitrogens is 1. The Labute approximate surface area is 96.5 Å². The van der Waals surface area contributed by atoms with Crippen molar-refractivity contribution in [3.05, 3.63) is 35.0 Å². The molecule has 0 aliphatic rings. The largest absolute Gasteiger partial charge is 0.396 e. The summed E-state index contributed by atoms with van der Waals surface area (Å²) in [7, 11) is 2.11. The molecular weight excluding hydrogens is 198 g/mol. The van der Waals surface area contributed by atoms with Crippen LogP contribution in [-0.2, 0) is 13.5 Å². The Balaban J connectivity index is 2.59. The molecule has 0 atom stereocenters. The number of aryl methyl sites for hydroxylation is 3. The minimum absolute atomic E-state index is 0.266. The van der Waals surface area contributed by atoms with E-state index in [1.165, 1.54) is 27.7 Å². The molecule has 0 bridgehead atoms. The third-order valence-electron chi connectivity index (χ3n) is 3.36. The lowest BCUT2D eigenvalue weighted by Crippen LogP contribution is -1.94. The number of hydrogen-bond acceptors (Lipinski definition) is 1. The summed E-state index contributed by atoms with van der Waals surface area (Å²) in [6, 6.07) is 6.58. The fourth-order valence-corrected chi connectivity index (χ4v) is 2.32. The molecule has 0 unspecified atom stereocenters. The molecule has 86 valence electrons. The molecule has 0 amide bonds. The first-order valence-electron chi connectivity index (χ1n) is 5.80. The Morgan fingerprint density at radius 3 is 2.69 bits per heavy atom. The average molecular weight is 217 g/mol. The first kappa shape index (κ1) is 11.2. The second-order valence-electron chi connectivity index (χ2n) is 4.47. The number of nitrogens with zero attached hydrogens (tertiary/aromatic N) is 1. The van der Waals surface area contributed by atoms with Crippen LogP contribution < -0.4 is 0 Å². The molecule has 16 heavy (non-hydrogen) atoms. The van der Waals surface area contributed by atoms with E-state index in [0.29, 0.717) is 0 Å². The average Bonchev–Trinajstić information content (AvgIpc) is 2.50. The first-order chi connectivity index (χ1) is 7.65. The summed E-state index contributed by atoms with van der Waals surface area (Å²) < 4.78 is 2.25. The normalized spacial score (nSPS) is 11.2. The van der Waals surface area contributed by atoms with E-state index in [4.69, 9.17) is 5.11 Å². The molecule has 1 heterocycles. The highest BCUT2D eigenvalue weighted by atomic mass is 16.2. The van der Waals surface area contributed by atoms with Crippen LogP contribution in [0.25, 0.3) is 10.9 Å². The molecule has 0 fully saturated rings. The van der Waals surface area contributed by atoms with Gasteiger partial charge in [-0.25, -0.2) is 0 Å². The number of fused-ring (bicyclic) bond motifs is 1. The zero-order valence-corrected chi connectivity index (χ0v) is 10.2. The molecule has 0 aliphatic heterocycles. The van der Waals surface area contributed by atoms with Crippen molar-refractivity contribution < 1.29 is 5.11 Å². The van der Waals surface area contributed by atoms with Crippen molar-refractivity contribution in [3.63, 3.8) is 0 Å². The van der Waals surface area contributed by atoms with Crippen LogP contribution in [0.3, 0.4) is 0 Å². The summed E-state index contributed by atoms with van der Waals surface area (Å²) >= 11 is 0. The van der Waals surface area contributed by atoms with E-state index >= 15 is 0 Å². The predicted octanol–water partition coefficient (Wildman–Crippen LogP) is 2.72. The van der Waals surface area contributed by atoms with Gasteiger partial charge in [0.2, 0.25) is 0 Å². The Hall–Kier alpha value is -1.28. The van der Waals surface area contributed by atoms with E-state index < -0.39 is 0 Å². The van der Waals surface area contributed by atoms with Gasteiger partial charge in [0, 0.05) is 30.3 Å². The summed E-state index contributed by atoms with van der Waals surface area (Å²) in [4.78, 5) is 0. The van der Waals surface area contributed by atoms with Gasteiger partial charge >= 0.3 is 0 Å². The molecular formula is C14H19NO. The second-order valence-corrected chi connectivity index (χ2v) is 4.47. The monoisotopic (exact) mass is 217 g/mol. The molecule has 2 heteroatoms. The molecule has 2 aromatic rings. The molecule has 1 aromatic carbocycles. The van der Waals surface area contributed by atoms with Crippen molar-refractivity contribution in [2.75, 3.05) is 6.61 Å². The van der Waals surface area contributed by atoms with Crippen molar-refractivity contribution in [1.29, 1.82) is 0 Å². The summed E-state index contributed by atoms with van der Waals surface area (Å²) in [5.41, 5.74) is 5.29. The second kappa shape index (κ2) is 4.30. The Bertz CT molecular complexity index is 511. The summed E-state index contributed by atoms with van der Waals surface area (Å²) in [5, 5.41) is 10.3. The number of hydrogen-bond donors (Lipinski definition) is 1. The van der Waals surface area contributed by atoms with E-state index in [1.54, 1.807) is 0 Å². The quantitative estimate of drug-likeness (QED) is 0.840. The lowest BCUT2D eigenvalue weighted by atomic mass is 10.1. The van der Waals surface area contributed by atoms with Gasteiger partial charge in [0.05, 0.1) is 0 Å². The zero-order chi connectivity index (χ0) is 11.7. The summed E-state index contributed by atoms with van der Waals surface area (Å²) in [5.74, 6) is 0. The molecule has 0 aliphatic carbocycles. The molecule has 1 aromatic heterocycles. The molecule has 0 spiro atoms. The highest BCUT2D eigenvalue weighted by Gasteiger charge is 2.10. The highest BCUT2D eigenvalue weighted by Crippen LogP contribution is 2.26. The lowest BCUT2D eigenvalue weighted by Gasteiger charge is -2.00. The Morgan fingerprint density at radius 1 is 1.25 bits per heavy atom. The molecule has 0 saturated heterocycles. The number of benzene rings is 1. The zero-order valence-electron chi connectivity index (χ0n) is 10.2. The third-order valence-corrected chi connectivity index (χ3v) is 3.36. The third kappa shape index (κ3) is 1.74. The number of aliphatic hydroxyl groups is 1. The van der Waals surface area contributed by atoms with Crippen LogP contribution in [0, 0.1) is 13.8 Å².